The van der Waals surface area contributed by atoms with Crippen LogP contribution < -0.4 is 5.32 Å². The van der Waals surface area contributed by atoms with E-state index in [1.54, 1.807) is 12.3 Å². The molecule has 2 aromatic heterocycles. The van der Waals surface area contributed by atoms with Gasteiger partial charge >= 0.3 is 0 Å². The van der Waals surface area contributed by atoms with Crippen LogP contribution in [-0.2, 0) is 6.42 Å². The predicted octanol–water partition coefficient (Wildman–Crippen LogP) is 2.39. The SMILES string of the molecule is O=C(NCCc1c[nH]c2ccc(F)cc12)c1cc(F)ccc1-n1cnnn1. The van der Waals surface area contributed by atoms with Gasteiger partial charge in [0, 0.05) is 23.6 Å². The highest BCUT2D eigenvalue weighted by molar-refractivity contribution is 5.97. The zero-order chi connectivity index (χ0) is 18.8. The van der Waals surface area contributed by atoms with E-state index in [1.165, 1.54) is 35.3 Å². The molecular formula is C18H14F2N6O. The fourth-order valence-corrected chi connectivity index (χ4v) is 2.92. The normalized spacial score (nSPS) is 11.0. The molecule has 0 aliphatic carbocycles. The summed E-state index contributed by atoms with van der Waals surface area (Å²) in [7, 11) is 0. The summed E-state index contributed by atoms with van der Waals surface area (Å²) in [5.41, 5.74) is 2.19. The number of hydrogen-bond donors (Lipinski definition) is 2. The first-order valence-corrected chi connectivity index (χ1v) is 8.18. The Morgan fingerprint density at radius 2 is 1.96 bits per heavy atom. The van der Waals surface area contributed by atoms with Crippen molar-refractivity contribution in [2.75, 3.05) is 6.54 Å². The van der Waals surface area contributed by atoms with E-state index in [0.29, 0.717) is 18.7 Å². The molecule has 1 amide bonds. The maximum atomic E-state index is 13.6. The first-order chi connectivity index (χ1) is 13.1. The lowest BCUT2D eigenvalue weighted by Gasteiger charge is -2.09. The zero-order valence-electron chi connectivity index (χ0n) is 14.0. The van der Waals surface area contributed by atoms with Gasteiger partial charge in [-0.25, -0.2) is 8.78 Å². The molecule has 0 unspecified atom stereocenters. The van der Waals surface area contributed by atoms with Gasteiger partial charge in [-0.1, -0.05) is 0 Å². The molecule has 4 aromatic rings. The van der Waals surface area contributed by atoms with E-state index >= 15 is 0 Å². The van der Waals surface area contributed by atoms with Crippen LogP contribution in [0.5, 0.6) is 0 Å². The van der Waals surface area contributed by atoms with E-state index < -0.39 is 11.7 Å². The average Bonchev–Trinajstić information content (AvgIpc) is 3.32. The average molecular weight is 368 g/mol. The maximum Gasteiger partial charge on any atom is 0.253 e. The zero-order valence-corrected chi connectivity index (χ0v) is 14.0. The lowest BCUT2D eigenvalue weighted by molar-refractivity contribution is 0.0953. The molecule has 2 heterocycles. The molecule has 9 heteroatoms. The number of carbonyl (C=O) groups is 1. The molecule has 0 spiro atoms. The summed E-state index contributed by atoms with van der Waals surface area (Å²) in [6.07, 6.45) is 3.60. The summed E-state index contributed by atoms with van der Waals surface area (Å²) < 4.78 is 28.4. The Labute approximate surface area is 152 Å². The molecule has 2 N–H and O–H groups in total. The van der Waals surface area contributed by atoms with Crippen molar-refractivity contribution in [3.05, 3.63) is 71.7 Å². The van der Waals surface area contributed by atoms with Gasteiger partial charge in [0.15, 0.2) is 0 Å². The number of carbonyl (C=O) groups excluding carboxylic acids is 1. The van der Waals surface area contributed by atoms with Gasteiger partial charge in [0.25, 0.3) is 5.91 Å². The standard InChI is InChI=1S/C18H14F2N6O/c19-12-1-3-16-14(7-12)11(9-22-16)5-6-21-18(27)15-8-13(20)2-4-17(15)26-10-23-24-25-26/h1-4,7-10,22H,5-6H2,(H,21,27). The van der Waals surface area contributed by atoms with Crippen molar-refractivity contribution in [3.63, 3.8) is 0 Å². The number of fused-ring (bicyclic) bond motifs is 1. The largest absolute Gasteiger partial charge is 0.361 e. The minimum absolute atomic E-state index is 0.118. The summed E-state index contributed by atoms with van der Waals surface area (Å²) in [6.45, 7) is 0.299. The summed E-state index contributed by atoms with van der Waals surface area (Å²) >= 11 is 0. The Bertz CT molecular complexity index is 1110. The lowest BCUT2D eigenvalue weighted by Crippen LogP contribution is -2.27. The molecule has 0 radical (unpaired) electrons. The molecule has 0 fully saturated rings. The van der Waals surface area contributed by atoms with E-state index in [4.69, 9.17) is 0 Å². The molecule has 0 atom stereocenters. The van der Waals surface area contributed by atoms with E-state index in [9.17, 15) is 13.6 Å². The second-order valence-corrected chi connectivity index (χ2v) is 5.93. The number of rotatable bonds is 5. The highest BCUT2D eigenvalue weighted by atomic mass is 19.1. The number of nitrogens with one attached hydrogen (secondary N) is 2. The van der Waals surface area contributed by atoms with Crippen LogP contribution in [0.3, 0.4) is 0 Å². The van der Waals surface area contributed by atoms with Crippen LogP contribution in [0.4, 0.5) is 8.78 Å². The van der Waals surface area contributed by atoms with Crippen molar-refractivity contribution in [1.82, 2.24) is 30.5 Å². The number of H-pyrrole nitrogens is 1. The molecule has 0 saturated carbocycles. The van der Waals surface area contributed by atoms with Crippen LogP contribution in [0, 0.1) is 11.6 Å². The molecule has 0 aliphatic rings. The third-order valence-corrected chi connectivity index (χ3v) is 4.21. The molecule has 7 nitrogen and oxygen atoms in total. The first-order valence-electron chi connectivity index (χ1n) is 8.18. The van der Waals surface area contributed by atoms with E-state index in [2.05, 4.69) is 25.8 Å². The van der Waals surface area contributed by atoms with Crippen LogP contribution >= 0.6 is 0 Å². The Morgan fingerprint density at radius 3 is 2.78 bits per heavy atom. The van der Waals surface area contributed by atoms with Gasteiger partial charge in [-0.3, -0.25) is 4.79 Å². The van der Waals surface area contributed by atoms with Crippen molar-refractivity contribution in [3.8, 4) is 5.69 Å². The number of tetrazole rings is 1. The molecule has 0 aliphatic heterocycles. The third-order valence-electron chi connectivity index (χ3n) is 4.21. The van der Waals surface area contributed by atoms with Crippen LogP contribution in [0.25, 0.3) is 16.6 Å². The van der Waals surface area contributed by atoms with Crippen LogP contribution in [0.15, 0.2) is 48.9 Å². The first kappa shape index (κ1) is 16.8. The molecule has 0 saturated heterocycles. The third kappa shape index (κ3) is 3.39. The lowest BCUT2D eigenvalue weighted by atomic mass is 10.1. The number of benzene rings is 2. The Balaban J connectivity index is 1.50. The quantitative estimate of drug-likeness (QED) is 0.566. The van der Waals surface area contributed by atoms with E-state index in [1.807, 2.05) is 0 Å². The number of halogens is 2. The van der Waals surface area contributed by atoms with Gasteiger partial charge in [-0.15, -0.1) is 5.10 Å². The monoisotopic (exact) mass is 368 g/mol. The van der Waals surface area contributed by atoms with E-state index in [0.717, 1.165) is 22.5 Å². The fourth-order valence-electron chi connectivity index (χ4n) is 2.92. The summed E-state index contributed by atoms with van der Waals surface area (Å²) in [4.78, 5) is 15.6. The molecule has 0 bridgehead atoms. The molecule has 27 heavy (non-hydrogen) atoms. The minimum atomic E-state index is -0.538. The summed E-state index contributed by atoms with van der Waals surface area (Å²) in [5, 5.41) is 14.3. The van der Waals surface area contributed by atoms with Crippen molar-refractivity contribution in [1.29, 1.82) is 0 Å². The van der Waals surface area contributed by atoms with Crippen LogP contribution in [-0.4, -0.2) is 37.6 Å². The van der Waals surface area contributed by atoms with Gasteiger partial charge in [-0.05, 0) is 58.8 Å². The second-order valence-electron chi connectivity index (χ2n) is 5.93. The smallest absolute Gasteiger partial charge is 0.253 e. The number of amides is 1. The summed E-state index contributed by atoms with van der Waals surface area (Å²) in [5.74, 6) is -1.31. The van der Waals surface area contributed by atoms with Crippen molar-refractivity contribution in [2.24, 2.45) is 0 Å². The summed E-state index contributed by atoms with van der Waals surface area (Å²) in [6, 6.07) is 8.29. The maximum absolute atomic E-state index is 13.6. The molecular weight excluding hydrogens is 354 g/mol. The Morgan fingerprint density at radius 1 is 1.15 bits per heavy atom. The predicted molar refractivity (Wildman–Crippen MR) is 93.4 cm³/mol. The van der Waals surface area contributed by atoms with Gasteiger partial charge in [-0.2, -0.15) is 4.68 Å². The van der Waals surface area contributed by atoms with Crippen molar-refractivity contribution < 1.29 is 13.6 Å². The van der Waals surface area contributed by atoms with Gasteiger partial charge in [0.2, 0.25) is 0 Å². The Kier molecular flexibility index (Phi) is 4.33. The molecule has 4 rings (SSSR count). The number of nitrogens with zero attached hydrogens (tertiary/aromatic N) is 4. The van der Waals surface area contributed by atoms with Crippen LogP contribution in [0.2, 0.25) is 0 Å². The van der Waals surface area contributed by atoms with Gasteiger partial charge in [0.1, 0.15) is 18.0 Å². The Hall–Kier alpha value is -3.62. The van der Waals surface area contributed by atoms with Crippen molar-refractivity contribution >= 4 is 16.8 Å². The number of aromatic amines is 1. The van der Waals surface area contributed by atoms with Gasteiger partial charge < -0.3 is 10.3 Å². The van der Waals surface area contributed by atoms with E-state index in [-0.39, 0.29) is 11.4 Å². The van der Waals surface area contributed by atoms with Crippen LogP contribution in [0.1, 0.15) is 15.9 Å². The highest BCUT2D eigenvalue weighted by Crippen LogP contribution is 2.20. The number of hydrogen-bond acceptors (Lipinski definition) is 4. The molecule has 2 aromatic carbocycles. The molecule has 136 valence electrons. The fraction of sp³-hybridized carbons (Fsp3) is 0.111. The topological polar surface area (TPSA) is 88.5 Å². The second kappa shape index (κ2) is 6.94. The van der Waals surface area contributed by atoms with Crippen molar-refractivity contribution in [2.45, 2.75) is 6.42 Å². The van der Waals surface area contributed by atoms with Gasteiger partial charge in [0.05, 0.1) is 11.3 Å². The highest BCUT2D eigenvalue weighted by Gasteiger charge is 2.15. The number of aromatic nitrogens is 5. The minimum Gasteiger partial charge on any atom is -0.361 e.